The molecule has 1 unspecified atom stereocenters. The van der Waals surface area contributed by atoms with Gasteiger partial charge in [0.1, 0.15) is 0 Å². The van der Waals surface area contributed by atoms with Crippen molar-refractivity contribution < 1.29 is 4.79 Å². The average Bonchev–Trinajstić information content (AvgIpc) is 2.71. The van der Waals surface area contributed by atoms with Gasteiger partial charge in [-0.1, -0.05) is 55.4 Å². The van der Waals surface area contributed by atoms with Crippen LogP contribution in [0.4, 0.5) is 0 Å². The predicted octanol–water partition coefficient (Wildman–Crippen LogP) is 3.30. The van der Waals surface area contributed by atoms with Crippen molar-refractivity contribution in [1.29, 1.82) is 0 Å². The molecule has 1 aromatic carbocycles. The summed E-state index contributed by atoms with van der Waals surface area (Å²) in [6.45, 7) is 8.26. The molecule has 19 heavy (non-hydrogen) atoms. The number of nitrogens with zero attached hydrogens (tertiary/aromatic N) is 1. The zero-order chi connectivity index (χ0) is 14.0. The summed E-state index contributed by atoms with van der Waals surface area (Å²) in [4.78, 5) is 15.8. The zero-order valence-corrected chi connectivity index (χ0v) is 12.6. The highest BCUT2D eigenvalue weighted by Crippen LogP contribution is 2.28. The van der Waals surface area contributed by atoms with Crippen LogP contribution in [0.1, 0.15) is 37.9 Å². The molecular weight excluding hydrogens is 256 g/mol. The van der Waals surface area contributed by atoms with Gasteiger partial charge in [-0.15, -0.1) is 0 Å². The van der Waals surface area contributed by atoms with Gasteiger partial charge in [0.15, 0.2) is 5.17 Å². The summed E-state index contributed by atoms with van der Waals surface area (Å²) in [7, 11) is 0. The quantitative estimate of drug-likeness (QED) is 0.921. The SMILES string of the molecule is Cc1ccc([C@H](C)NC2=NC(=O)C(C(C)C)S2)cc1. The molecule has 0 aromatic heterocycles. The van der Waals surface area contributed by atoms with Crippen LogP contribution < -0.4 is 5.32 Å². The van der Waals surface area contributed by atoms with E-state index >= 15 is 0 Å². The second kappa shape index (κ2) is 5.78. The summed E-state index contributed by atoms with van der Waals surface area (Å²) < 4.78 is 0. The minimum Gasteiger partial charge on any atom is -0.358 e. The minimum atomic E-state index is -0.0345. The van der Waals surface area contributed by atoms with Gasteiger partial charge in [-0.25, -0.2) is 0 Å². The molecule has 1 N–H and O–H groups in total. The van der Waals surface area contributed by atoms with Crippen LogP contribution in [-0.2, 0) is 4.79 Å². The largest absolute Gasteiger partial charge is 0.358 e. The first-order chi connectivity index (χ1) is 8.97. The Bertz CT molecular complexity index is 493. The van der Waals surface area contributed by atoms with Crippen molar-refractivity contribution in [2.45, 2.75) is 39.0 Å². The molecule has 102 valence electrons. The number of nitrogens with one attached hydrogen (secondary N) is 1. The highest BCUT2D eigenvalue weighted by Gasteiger charge is 2.31. The molecule has 0 saturated carbocycles. The highest BCUT2D eigenvalue weighted by atomic mass is 32.2. The van der Waals surface area contributed by atoms with Crippen LogP contribution in [-0.4, -0.2) is 16.3 Å². The Morgan fingerprint density at radius 3 is 2.37 bits per heavy atom. The first-order valence-corrected chi connectivity index (χ1v) is 7.47. The second-order valence-corrected chi connectivity index (χ2v) is 6.44. The molecule has 2 rings (SSSR count). The van der Waals surface area contributed by atoms with E-state index in [-0.39, 0.29) is 17.2 Å². The molecule has 1 aromatic rings. The van der Waals surface area contributed by atoms with Gasteiger partial charge in [-0.2, -0.15) is 4.99 Å². The summed E-state index contributed by atoms with van der Waals surface area (Å²) >= 11 is 1.54. The number of aliphatic imine (C=N–C) groups is 1. The number of thioether (sulfide) groups is 1. The van der Waals surface area contributed by atoms with Crippen molar-refractivity contribution in [3.05, 3.63) is 35.4 Å². The van der Waals surface area contributed by atoms with Crippen molar-refractivity contribution >= 4 is 22.8 Å². The van der Waals surface area contributed by atoms with Crippen molar-refractivity contribution in [2.75, 3.05) is 0 Å². The first kappa shape index (κ1) is 14.1. The number of amides is 1. The molecule has 1 amide bonds. The number of amidine groups is 1. The smallest absolute Gasteiger partial charge is 0.261 e. The predicted molar refractivity (Wildman–Crippen MR) is 81.4 cm³/mol. The van der Waals surface area contributed by atoms with E-state index in [1.807, 2.05) is 0 Å². The fraction of sp³-hybridized carbons (Fsp3) is 0.467. The fourth-order valence-corrected chi connectivity index (χ4v) is 3.03. The molecule has 0 bridgehead atoms. The molecule has 1 heterocycles. The lowest BCUT2D eigenvalue weighted by Gasteiger charge is -2.16. The number of hydrogen-bond donors (Lipinski definition) is 1. The summed E-state index contributed by atoms with van der Waals surface area (Å²) in [5.74, 6) is 0.300. The maximum Gasteiger partial charge on any atom is 0.261 e. The van der Waals surface area contributed by atoms with Gasteiger partial charge >= 0.3 is 0 Å². The van der Waals surface area contributed by atoms with Crippen molar-refractivity contribution in [3.63, 3.8) is 0 Å². The Balaban J connectivity index is 2.00. The lowest BCUT2D eigenvalue weighted by Crippen LogP contribution is -2.24. The lowest BCUT2D eigenvalue weighted by molar-refractivity contribution is -0.117. The molecule has 0 fully saturated rings. The number of hydrogen-bond acceptors (Lipinski definition) is 3. The molecular formula is C15H20N2OS. The van der Waals surface area contributed by atoms with Gasteiger partial charge in [0.05, 0.1) is 11.3 Å². The first-order valence-electron chi connectivity index (χ1n) is 6.59. The number of carbonyl (C=O) groups excluding carboxylic acids is 1. The third kappa shape index (κ3) is 3.38. The Hall–Kier alpha value is -1.29. The number of carbonyl (C=O) groups is 1. The van der Waals surface area contributed by atoms with E-state index in [4.69, 9.17) is 0 Å². The Morgan fingerprint density at radius 1 is 1.21 bits per heavy atom. The van der Waals surface area contributed by atoms with Gasteiger partial charge in [-0.3, -0.25) is 4.79 Å². The minimum absolute atomic E-state index is 0.0152. The third-order valence-corrected chi connectivity index (χ3v) is 4.65. The molecule has 0 spiro atoms. The molecule has 0 radical (unpaired) electrons. The van der Waals surface area contributed by atoms with E-state index in [9.17, 15) is 4.79 Å². The standard InChI is InChI=1S/C15H20N2OS/c1-9(2)13-14(18)17-15(19-13)16-11(4)12-7-5-10(3)6-8-12/h5-9,11,13H,1-4H3,(H,16,17,18)/t11-,13?/m0/s1. The number of aryl methyl sites for hydroxylation is 1. The monoisotopic (exact) mass is 276 g/mol. The third-order valence-electron chi connectivity index (χ3n) is 3.22. The van der Waals surface area contributed by atoms with E-state index in [0.29, 0.717) is 5.92 Å². The van der Waals surface area contributed by atoms with E-state index in [1.54, 1.807) is 11.8 Å². The molecule has 4 heteroatoms. The summed E-state index contributed by atoms with van der Waals surface area (Å²) in [6.07, 6.45) is 0. The van der Waals surface area contributed by atoms with Crippen LogP contribution in [0.5, 0.6) is 0 Å². The van der Waals surface area contributed by atoms with Crippen LogP contribution in [0, 0.1) is 12.8 Å². The van der Waals surface area contributed by atoms with Crippen LogP contribution in [0.15, 0.2) is 29.3 Å². The number of benzene rings is 1. The Labute approximate surface area is 118 Å². The van der Waals surface area contributed by atoms with Crippen LogP contribution in [0.2, 0.25) is 0 Å². The van der Waals surface area contributed by atoms with Crippen molar-refractivity contribution in [3.8, 4) is 0 Å². The lowest BCUT2D eigenvalue weighted by atomic mass is 10.1. The maximum absolute atomic E-state index is 11.7. The molecule has 0 saturated heterocycles. The van der Waals surface area contributed by atoms with Crippen LogP contribution in [0.25, 0.3) is 0 Å². The topological polar surface area (TPSA) is 41.5 Å². The molecule has 3 nitrogen and oxygen atoms in total. The van der Waals surface area contributed by atoms with E-state index in [0.717, 1.165) is 5.17 Å². The van der Waals surface area contributed by atoms with Crippen LogP contribution >= 0.6 is 11.8 Å². The highest BCUT2D eigenvalue weighted by molar-refractivity contribution is 8.15. The Morgan fingerprint density at radius 2 is 1.84 bits per heavy atom. The summed E-state index contributed by atoms with van der Waals surface area (Å²) in [5.41, 5.74) is 2.45. The normalized spacial score (nSPS) is 20.6. The molecule has 1 aliphatic rings. The second-order valence-electron chi connectivity index (χ2n) is 5.31. The van der Waals surface area contributed by atoms with Gasteiger partial charge in [-0.05, 0) is 25.3 Å². The fourth-order valence-electron chi connectivity index (χ4n) is 1.97. The molecule has 2 atom stereocenters. The van der Waals surface area contributed by atoms with Gasteiger partial charge in [0.25, 0.3) is 5.91 Å². The van der Waals surface area contributed by atoms with Gasteiger partial charge < -0.3 is 5.32 Å². The van der Waals surface area contributed by atoms with Gasteiger partial charge in [0, 0.05) is 0 Å². The average molecular weight is 276 g/mol. The van der Waals surface area contributed by atoms with Gasteiger partial charge in [0.2, 0.25) is 0 Å². The van der Waals surface area contributed by atoms with E-state index in [1.165, 1.54) is 11.1 Å². The zero-order valence-electron chi connectivity index (χ0n) is 11.8. The molecule has 0 aliphatic carbocycles. The number of rotatable bonds is 3. The van der Waals surface area contributed by atoms with Crippen molar-refractivity contribution in [1.82, 2.24) is 5.32 Å². The Kier molecular flexibility index (Phi) is 4.30. The van der Waals surface area contributed by atoms with Crippen molar-refractivity contribution in [2.24, 2.45) is 10.9 Å². The maximum atomic E-state index is 11.7. The van der Waals surface area contributed by atoms with Crippen LogP contribution in [0.3, 0.4) is 0 Å². The molecule has 1 aliphatic heterocycles. The summed E-state index contributed by atoms with van der Waals surface area (Å²) in [5, 5.41) is 4.03. The summed E-state index contributed by atoms with van der Waals surface area (Å²) in [6, 6.07) is 8.56. The van der Waals surface area contributed by atoms with E-state index < -0.39 is 0 Å². The van der Waals surface area contributed by atoms with E-state index in [2.05, 4.69) is 62.3 Å².